The summed E-state index contributed by atoms with van der Waals surface area (Å²) in [5.41, 5.74) is 1.14. The van der Waals surface area contributed by atoms with Crippen LogP contribution in [-0.4, -0.2) is 23.9 Å². The van der Waals surface area contributed by atoms with Crippen molar-refractivity contribution in [3.8, 4) is 17.1 Å². The van der Waals surface area contributed by atoms with Gasteiger partial charge in [-0.15, -0.1) is 4.73 Å². The molecule has 0 atom stereocenters. The van der Waals surface area contributed by atoms with Gasteiger partial charge in [0.1, 0.15) is 12.9 Å². The number of rotatable bonds is 3. The van der Waals surface area contributed by atoms with Gasteiger partial charge in [-0.05, 0) is 12.1 Å². The van der Waals surface area contributed by atoms with Crippen LogP contribution < -0.4 is 15.1 Å². The van der Waals surface area contributed by atoms with Crippen molar-refractivity contribution in [1.29, 1.82) is 0 Å². The smallest absolute Gasteiger partial charge is 0.294 e. The first kappa shape index (κ1) is 13.2. The first-order valence-corrected chi connectivity index (χ1v) is 6.45. The van der Waals surface area contributed by atoms with Gasteiger partial charge in [-0.3, -0.25) is 4.79 Å². The van der Waals surface area contributed by atoms with Gasteiger partial charge in [0.15, 0.2) is 5.82 Å². The number of aromatic nitrogens is 2. The first-order valence-electron chi connectivity index (χ1n) is 6.45. The molecule has 3 aromatic rings. The van der Waals surface area contributed by atoms with Crippen molar-refractivity contribution >= 4 is 10.9 Å². The van der Waals surface area contributed by atoms with Gasteiger partial charge in [0.2, 0.25) is 0 Å². The van der Waals surface area contributed by atoms with Gasteiger partial charge in [0.25, 0.3) is 5.56 Å². The zero-order chi connectivity index (χ0) is 14.8. The van der Waals surface area contributed by atoms with Crippen LogP contribution in [0.25, 0.3) is 22.3 Å². The fraction of sp³-hybridized carbons (Fsp3) is 0.125. The predicted molar refractivity (Wildman–Crippen MR) is 80.5 cm³/mol. The van der Waals surface area contributed by atoms with E-state index >= 15 is 0 Å². The van der Waals surface area contributed by atoms with Crippen LogP contribution in [0.15, 0.2) is 53.3 Å². The second-order valence-electron chi connectivity index (χ2n) is 4.47. The molecule has 1 aromatic heterocycles. The second-order valence-corrected chi connectivity index (χ2v) is 4.47. The van der Waals surface area contributed by atoms with Crippen molar-refractivity contribution in [1.82, 2.24) is 9.71 Å². The van der Waals surface area contributed by atoms with Crippen molar-refractivity contribution in [2.24, 2.45) is 0 Å². The summed E-state index contributed by atoms with van der Waals surface area (Å²) in [7, 11) is 3.03. The van der Waals surface area contributed by atoms with Crippen LogP contribution in [-0.2, 0) is 0 Å². The Kier molecular flexibility index (Phi) is 3.31. The predicted octanol–water partition coefficient (Wildman–Crippen LogP) is 2.13. The summed E-state index contributed by atoms with van der Waals surface area (Å²) in [5, 5.41) is 0.484. The van der Waals surface area contributed by atoms with E-state index in [1.165, 1.54) is 11.8 Å². The molecule has 0 bridgehead atoms. The average molecular weight is 282 g/mol. The molecular formula is C16H14N2O3. The maximum absolute atomic E-state index is 12.5. The zero-order valence-electron chi connectivity index (χ0n) is 11.7. The Morgan fingerprint density at radius 3 is 2.48 bits per heavy atom. The molecule has 2 aromatic carbocycles. The molecule has 0 aliphatic heterocycles. The average Bonchev–Trinajstić information content (AvgIpc) is 2.55. The maximum Gasteiger partial charge on any atom is 0.294 e. The zero-order valence-corrected chi connectivity index (χ0v) is 11.7. The van der Waals surface area contributed by atoms with E-state index in [0.29, 0.717) is 22.5 Å². The Morgan fingerprint density at radius 2 is 1.81 bits per heavy atom. The van der Waals surface area contributed by atoms with Gasteiger partial charge in [-0.1, -0.05) is 30.3 Å². The number of nitrogens with zero attached hydrogens (tertiary/aromatic N) is 2. The monoisotopic (exact) mass is 282 g/mol. The van der Waals surface area contributed by atoms with Crippen molar-refractivity contribution in [2.45, 2.75) is 0 Å². The number of ether oxygens (including phenoxy) is 1. The molecule has 0 aliphatic rings. The number of hydrogen-bond acceptors (Lipinski definition) is 4. The van der Waals surface area contributed by atoms with Crippen LogP contribution in [0.1, 0.15) is 0 Å². The van der Waals surface area contributed by atoms with Crippen LogP contribution in [0, 0.1) is 0 Å². The molecule has 21 heavy (non-hydrogen) atoms. The Balaban J connectivity index is 2.35. The fourth-order valence-corrected chi connectivity index (χ4v) is 2.22. The minimum Gasteiger partial charge on any atom is -0.497 e. The topological polar surface area (TPSA) is 53.4 Å². The van der Waals surface area contributed by atoms with E-state index in [2.05, 4.69) is 4.98 Å². The molecule has 0 spiro atoms. The van der Waals surface area contributed by atoms with E-state index in [4.69, 9.17) is 9.57 Å². The molecule has 0 aliphatic carbocycles. The minimum atomic E-state index is -0.246. The Labute approximate surface area is 121 Å². The Hall–Kier alpha value is -2.82. The summed E-state index contributed by atoms with van der Waals surface area (Å²) in [6.07, 6.45) is 0. The third-order valence-corrected chi connectivity index (χ3v) is 3.25. The summed E-state index contributed by atoms with van der Waals surface area (Å²) in [6.45, 7) is 0. The van der Waals surface area contributed by atoms with Crippen molar-refractivity contribution < 1.29 is 9.57 Å². The minimum absolute atomic E-state index is 0.246. The number of benzene rings is 2. The molecule has 5 heteroatoms. The van der Waals surface area contributed by atoms with Crippen LogP contribution >= 0.6 is 0 Å². The van der Waals surface area contributed by atoms with E-state index in [0.717, 1.165) is 5.56 Å². The molecular weight excluding hydrogens is 268 g/mol. The lowest BCUT2D eigenvalue weighted by atomic mass is 10.2. The molecule has 106 valence electrons. The van der Waals surface area contributed by atoms with Crippen LogP contribution in [0.5, 0.6) is 5.75 Å². The molecule has 0 unspecified atom stereocenters. The van der Waals surface area contributed by atoms with Gasteiger partial charge in [-0.2, -0.15) is 0 Å². The van der Waals surface area contributed by atoms with Gasteiger partial charge in [-0.25, -0.2) is 4.98 Å². The van der Waals surface area contributed by atoms with E-state index in [1.807, 2.05) is 30.3 Å². The lowest BCUT2D eigenvalue weighted by molar-refractivity contribution is 0.160. The quantitative estimate of drug-likeness (QED) is 0.738. The molecule has 0 N–H and O–H groups in total. The van der Waals surface area contributed by atoms with Crippen LogP contribution in [0.3, 0.4) is 0 Å². The highest BCUT2D eigenvalue weighted by molar-refractivity contribution is 5.81. The lowest BCUT2D eigenvalue weighted by Crippen LogP contribution is -2.27. The highest BCUT2D eigenvalue weighted by Crippen LogP contribution is 2.21. The van der Waals surface area contributed by atoms with Gasteiger partial charge < -0.3 is 9.57 Å². The summed E-state index contributed by atoms with van der Waals surface area (Å²) in [5.74, 6) is 1.12. The molecule has 1 heterocycles. The maximum atomic E-state index is 12.5. The van der Waals surface area contributed by atoms with E-state index < -0.39 is 0 Å². The molecule has 0 radical (unpaired) electrons. The summed E-state index contributed by atoms with van der Waals surface area (Å²) >= 11 is 0. The normalized spacial score (nSPS) is 10.6. The summed E-state index contributed by atoms with van der Waals surface area (Å²) in [4.78, 5) is 22.3. The summed E-state index contributed by atoms with van der Waals surface area (Å²) < 4.78 is 6.38. The highest BCUT2D eigenvalue weighted by Gasteiger charge is 2.13. The first-order chi connectivity index (χ1) is 10.2. The van der Waals surface area contributed by atoms with Crippen molar-refractivity contribution in [3.05, 3.63) is 58.9 Å². The lowest BCUT2D eigenvalue weighted by Gasteiger charge is -2.12. The summed E-state index contributed by atoms with van der Waals surface area (Å²) in [6, 6.07) is 14.6. The standard InChI is InChI=1S/C16H14N2O3/c1-20-12-8-9-13-14(10-12)17-15(18(21-2)16(13)19)11-6-4-3-5-7-11/h3-10H,1-2H3. The van der Waals surface area contributed by atoms with E-state index in [1.54, 1.807) is 25.3 Å². The van der Waals surface area contributed by atoms with Gasteiger partial charge >= 0.3 is 0 Å². The van der Waals surface area contributed by atoms with Crippen LogP contribution in [0.2, 0.25) is 0 Å². The molecule has 3 rings (SSSR count). The van der Waals surface area contributed by atoms with Gasteiger partial charge in [0.05, 0.1) is 18.0 Å². The number of fused-ring (bicyclic) bond motifs is 1. The second kappa shape index (κ2) is 5.28. The molecule has 0 amide bonds. The molecule has 0 fully saturated rings. The third-order valence-electron chi connectivity index (χ3n) is 3.25. The van der Waals surface area contributed by atoms with Crippen molar-refractivity contribution in [3.63, 3.8) is 0 Å². The third kappa shape index (κ3) is 2.23. The Morgan fingerprint density at radius 1 is 1.05 bits per heavy atom. The molecule has 5 nitrogen and oxygen atoms in total. The van der Waals surface area contributed by atoms with E-state index in [-0.39, 0.29) is 5.56 Å². The fourth-order valence-electron chi connectivity index (χ4n) is 2.22. The van der Waals surface area contributed by atoms with Crippen molar-refractivity contribution in [2.75, 3.05) is 14.2 Å². The molecule has 0 saturated carbocycles. The number of methoxy groups -OCH3 is 1. The number of hydrogen-bond donors (Lipinski definition) is 0. The molecule has 0 saturated heterocycles. The highest BCUT2D eigenvalue weighted by atomic mass is 16.7. The van der Waals surface area contributed by atoms with Gasteiger partial charge in [0, 0.05) is 11.6 Å². The largest absolute Gasteiger partial charge is 0.497 e. The van der Waals surface area contributed by atoms with Crippen LogP contribution in [0.4, 0.5) is 0 Å². The Bertz CT molecular complexity index is 841. The van der Waals surface area contributed by atoms with E-state index in [9.17, 15) is 4.79 Å². The SMILES string of the molecule is COc1ccc2c(=O)n(OC)c(-c3ccccc3)nc2c1.